The SMILES string of the molecule is CCCC/C=C/CCC(C)CN(CC(=O)[O-])CC(C)CC/C=C/CCCC.CCCC/C=C/CCC(C)CN(CC(=O)[O-])CC(C)CC/C=C/CCCC.[Ca+2]. The van der Waals surface area contributed by atoms with Crippen molar-refractivity contribution in [3.05, 3.63) is 48.6 Å². The van der Waals surface area contributed by atoms with Crippen molar-refractivity contribution in [1.29, 1.82) is 0 Å². The van der Waals surface area contributed by atoms with Gasteiger partial charge in [-0.1, -0.05) is 155 Å². The Labute approximate surface area is 372 Å². The standard InChI is InChI=1S/2C24H45NO2.Ca/c2*1-5-7-9-11-13-15-17-22(3)19-25(21-24(26)27)20-23(4)18-16-14-12-10-8-6-2;/h2*11-14,22-23H,5-10,15-21H2,1-4H3,(H,26,27);/q;;+2/p-2/b2*13-11+,14-12+;. The number of unbranched alkanes of at least 4 members (excludes halogenated alkanes) is 8. The molecule has 0 heterocycles. The van der Waals surface area contributed by atoms with Gasteiger partial charge in [0, 0.05) is 39.3 Å². The first-order chi connectivity index (χ1) is 26.0. The number of carboxylic acid groups (broad SMARTS) is 2. The third-order valence-corrected chi connectivity index (χ3v) is 9.85. The van der Waals surface area contributed by atoms with Crippen molar-refractivity contribution >= 4 is 49.7 Å². The molecule has 316 valence electrons. The van der Waals surface area contributed by atoms with Crippen LogP contribution in [-0.4, -0.2) is 98.7 Å². The van der Waals surface area contributed by atoms with Gasteiger partial charge in [0.25, 0.3) is 0 Å². The predicted molar refractivity (Wildman–Crippen MR) is 237 cm³/mol. The first-order valence-corrected chi connectivity index (χ1v) is 22.4. The van der Waals surface area contributed by atoms with Gasteiger partial charge < -0.3 is 19.8 Å². The molecule has 0 N–H and O–H groups in total. The summed E-state index contributed by atoms with van der Waals surface area (Å²) in [5.74, 6) is 0.0758. The molecule has 4 atom stereocenters. The van der Waals surface area contributed by atoms with Crippen LogP contribution < -0.4 is 10.2 Å². The van der Waals surface area contributed by atoms with Crippen LogP contribution in [0.5, 0.6) is 0 Å². The van der Waals surface area contributed by atoms with Crippen LogP contribution in [0.2, 0.25) is 0 Å². The molecule has 0 aromatic heterocycles. The summed E-state index contributed by atoms with van der Waals surface area (Å²) in [5.41, 5.74) is 0. The van der Waals surface area contributed by atoms with E-state index in [4.69, 9.17) is 0 Å². The minimum absolute atomic E-state index is 0. The average molecular weight is 797 g/mol. The van der Waals surface area contributed by atoms with E-state index in [1.54, 1.807) is 0 Å². The van der Waals surface area contributed by atoms with E-state index >= 15 is 0 Å². The Kier molecular flexibility index (Phi) is 46.9. The van der Waals surface area contributed by atoms with E-state index in [0.717, 1.165) is 77.5 Å². The molecule has 0 saturated heterocycles. The Balaban J connectivity index is -0.000000966. The van der Waals surface area contributed by atoms with E-state index < -0.39 is 11.9 Å². The summed E-state index contributed by atoms with van der Waals surface area (Å²) in [5, 5.41) is 22.2. The predicted octanol–water partition coefficient (Wildman–Crippen LogP) is 10.3. The molecule has 0 fully saturated rings. The number of hydrogen-bond acceptors (Lipinski definition) is 6. The van der Waals surface area contributed by atoms with Crippen LogP contribution in [0.4, 0.5) is 0 Å². The number of carbonyl (C=O) groups excluding carboxylic acids is 2. The number of hydrogen-bond donors (Lipinski definition) is 0. The molecule has 6 nitrogen and oxygen atoms in total. The van der Waals surface area contributed by atoms with Crippen molar-refractivity contribution in [3.63, 3.8) is 0 Å². The Morgan fingerprint density at radius 2 is 0.618 bits per heavy atom. The van der Waals surface area contributed by atoms with Gasteiger partial charge in [-0.25, -0.2) is 0 Å². The second-order valence-electron chi connectivity index (χ2n) is 16.3. The molecular weight excluding hydrogens is 709 g/mol. The van der Waals surface area contributed by atoms with Gasteiger partial charge in [-0.3, -0.25) is 9.80 Å². The molecule has 0 saturated carbocycles. The van der Waals surface area contributed by atoms with Crippen LogP contribution in [0, 0.1) is 23.7 Å². The van der Waals surface area contributed by atoms with Crippen molar-refractivity contribution in [2.24, 2.45) is 23.7 Å². The van der Waals surface area contributed by atoms with E-state index in [-0.39, 0.29) is 50.8 Å². The Bertz CT molecular complexity index is 830. The summed E-state index contributed by atoms with van der Waals surface area (Å²) in [4.78, 5) is 26.4. The molecule has 4 unspecified atom stereocenters. The number of carboxylic acids is 2. The van der Waals surface area contributed by atoms with Gasteiger partial charge in [0.15, 0.2) is 0 Å². The normalized spacial score (nSPS) is 14.1. The van der Waals surface area contributed by atoms with Crippen LogP contribution in [0.3, 0.4) is 0 Å². The fourth-order valence-electron chi connectivity index (χ4n) is 6.65. The van der Waals surface area contributed by atoms with E-state index in [0.29, 0.717) is 23.7 Å². The van der Waals surface area contributed by atoms with Crippen molar-refractivity contribution < 1.29 is 19.8 Å². The molecule has 0 aliphatic rings. The zero-order valence-electron chi connectivity index (χ0n) is 37.5. The third kappa shape index (κ3) is 45.7. The summed E-state index contributed by atoms with van der Waals surface area (Å²) in [6.07, 6.45) is 41.7. The molecule has 0 bridgehead atoms. The van der Waals surface area contributed by atoms with Crippen LogP contribution >= 0.6 is 0 Å². The van der Waals surface area contributed by atoms with Gasteiger partial charge in [0.05, 0.1) is 11.9 Å². The fourth-order valence-corrected chi connectivity index (χ4v) is 6.65. The average Bonchev–Trinajstić information content (AvgIpc) is 3.10. The van der Waals surface area contributed by atoms with Gasteiger partial charge in [-0.15, -0.1) is 0 Å². The zero-order chi connectivity index (χ0) is 40.7. The van der Waals surface area contributed by atoms with Crippen molar-refractivity contribution in [2.75, 3.05) is 39.3 Å². The van der Waals surface area contributed by atoms with E-state index in [1.165, 1.54) is 77.0 Å². The van der Waals surface area contributed by atoms with Crippen LogP contribution in [0.1, 0.15) is 184 Å². The minimum atomic E-state index is -0.965. The first-order valence-electron chi connectivity index (χ1n) is 22.4. The van der Waals surface area contributed by atoms with Crippen LogP contribution in [0.25, 0.3) is 0 Å². The first kappa shape index (κ1) is 58.4. The molecule has 0 spiro atoms. The minimum Gasteiger partial charge on any atom is -0.549 e. The number of nitrogens with zero attached hydrogens (tertiary/aromatic N) is 2. The smallest absolute Gasteiger partial charge is 0.549 e. The van der Waals surface area contributed by atoms with Crippen molar-refractivity contribution in [3.8, 4) is 0 Å². The summed E-state index contributed by atoms with van der Waals surface area (Å²) in [7, 11) is 0. The number of rotatable bonds is 36. The van der Waals surface area contributed by atoms with E-state index in [2.05, 4.69) is 114 Å². The quantitative estimate of drug-likeness (QED) is 0.0357. The van der Waals surface area contributed by atoms with E-state index in [1.807, 2.05) is 0 Å². The van der Waals surface area contributed by atoms with Crippen LogP contribution in [-0.2, 0) is 9.59 Å². The molecule has 0 aliphatic carbocycles. The van der Waals surface area contributed by atoms with Crippen molar-refractivity contribution in [1.82, 2.24) is 9.80 Å². The monoisotopic (exact) mass is 797 g/mol. The molecule has 7 heteroatoms. The fraction of sp³-hybridized carbons (Fsp3) is 0.792. The molecule has 0 aliphatic heterocycles. The number of allylic oxidation sites excluding steroid dienone is 8. The number of carbonyl (C=O) groups is 2. The second kappa shape index (κ2) is 44.2. The van der Waals surface area contributed by atoms with Gasteiger partial charge >= 0.3 is 37.7 Å². The third-order valence-electron chi connectivity index (χ3n) is 9.85. The maximum absolute atomic E-state index is 11.1. The largest absolute Gasteiger partial charge is 2.00 e. The second-order valence-corrected chi connectivity index (χ2v) is 16.3. The van der Waals surface area contributed by atoms with Crippen LogP contribution in [0.15, 0.2) is 48.6 Å². The Morgan fingerprint density at radius 3 is 0.800 bits per heavy atom. The topological polar surface area (TPSA) is 86.7 Å². The van der Waals surface area contributed by atoms with Gasteiger partial charge in [0.1, 0.15) is 0 Å². The maximum Gasteiger partial charge on any atom is 2.00 e. The maximum atomic E-state index is 11.1. The molecule has 0 aromatic carbocycles. The Hall–Kier alpha value is -0.920. The van der Waals surface area contributed by atoms with Gasteiger partial charge in [-0.2, -0.15) is 0 Å². The van der Waals surface area contributed by atoms with Gasteiger partial charge in [-0.05, 0) is 101 Å². The zero-order valence-corrected chi connectivity index (χ0v) is 39.8. The summed E-state index contributed by atoms with van der Waals surface area (Å²) < 4.78 is 0. The van der Waals surface area contributed by atoms with Crippen molar-refractivity contribution in [2.45, 2.75) is 184 Å². The molecule has 55 heavy (non-hydrogen) atoms. The summed E-state index contributed by atoms with van der Waals surface area (Å²) in [6, 6.07) is 0. The Morgan fingerprint density at radius 1 is 0.418 bits per heavy atom. The van der Waals surface area contributed by atoms with E-state index in [9.17, 15) is 19.8 Å². The molecular formula is C48H88CaN2O4. The molecule has 0 amide bonds. The summed E-state index contributed by atoms with van der Waals surface area (Å²) >= 11 is 0. The van der Waals surface area contributed by atoms with Gasteiger partial charge in [0.2, 0.25) is 0 Å². The number of aliphatic carboxylic acids is 2. The molecule has 0 aromatic rings. The molecule has 0 radical (unpaired) electrons. The molecule has 0 rings (SSSR count). The summed E-state index contributed by atoms with van der Waals surface area (Å²) in [6.45, 7) is 21.2.